The summed E-state index contributed by atoms with van der Waals surface area (Å²) >= 11 is 6.07. The first-order valence-electron chi connectivity index (χ1n) is 11.1. The molecule has 0 aliphatic rings. The highest BCUT2D eigenvalue weighted by Crippen LogP contribution is 2.29. The Morgan fingerprint density at radius 3 is 2.71 bits per heavy atom. The van der Waals surface area contributed by atoms with Crippen LogP contribution in [-0.2, 0) is 6.42 Å². The number of methoxy groups -OCH3 is 1. The van der Waals surface area contributed by atoms with Crippen molar-refractivity contribution in [2.24, 2.45) is 0 Å². The average molecular weight is 485 g/mol. The van der Waals surface area contributed by atoms with Crippen molar-refractivity contribution in [3.05, 3.63) is 101 Å². The van der Waals surface area contributed by atoms with E-state index in [2.05, 4.69) is 21.7 Å². The number of ether oxygens (including phenoxy) is 2. The van der Waals surface area contributed by atoms with E-state index in [4.69, 9.17) is 21.1 Å². The largest absolute Gasteiger partial charge is 0.493 e. The Morgan fingerprint density at radius 1 is 1.06 bits per heavy atom. The summed E-state index contributed by atoms with van der Waals surface area (Å²) in [6.07, 6.45) is 3.96. The Morgan fingerprint density at radius 2 is 1.91 bits per heavy atom. The van der Waals surface area contributed by atoms with E-state index in [0.717, 1.165) is 27.8 Å². The van der Waals surface area contributed by atoms with Gasteiger partial charge in [0.1, 0.15) is 6.61 Å². The number of nitrogens with zero attached hydrogens (tertiary/aromatic N) is 2. The molecule has 0 atom stereocenters. The second-order valence-electron chi connectivity index (χ2n) is 7.75. The zero-order valence-corrected chi connectivity index (χ0v) is 20.0. The van der Waals surface area contributed by atoms with E-state index in [1.165, 1.54) is 0 Å². The number of anilines is 2. The van der Waals surface area contributed by atoms with E-state index in [-0.39, 0.29) is 0 Å². The van der Waals surface area contributed by atoms with Crippen molar-refractivity contribution in [3.63, 3.8) is 0 Å². The number of benzene rings is 3. The molecule has 0 fully saturated rings. The normalized spacial score (nSPS) is 11.1. The van der Waals surface area contributed by atoms with Crippen molar-refractivity contribution < 1.29 is 9.47 Å². The monoisotopic (exact) mass is 484 g/mol. The van der Waals surface area contributed by atoms with Gasteiger partial charge in [0.05, 0.1) is 18.7 Å². The molecule has 1 aromatic heterocycles. The van der Waals surface area contributed by atoms with Crippen LogP contribution in [0.2, 0.25) is 5.02 Å². The molecule has 0 saturated carbocycles. The minimum absolute atomic E-state index is 0.442. The van der Waals surface area contributed by atoms with Gasteiger partial charge in [-0.3, -0.25) is 4.98 Å². The first-order valence-corrected chi connectivity index (χ1v) is 11.5. The maximum Gasteiger partial charge on any atom is 0.161 e. The maximum atomic E-state index is 9.53. The van der Waals surface area contributed by atoms with Crippen LogP contribution in [0, 0.1) is 11.3 Å². The lowest BCUT2D eigenvalue weighted by molar-refractivity contribution is 0.305. The van der Waals surface area contributed by atoms with Crippen LogP contribution < -0.4 is 20.1 Å². The van der Waals surface area contributed by atoms with E-state index in [1.807, 2.05) is 72.8 Å². The molecule has 35 heavy (non-hydrogen) atoms. The molecule has 4 rings (SSSR count). The number of rotatable bonds is 10. The standard InChI is InChI=1S/C28H25ClN4O2/c1-34-28-16-20(15-21(18-30)19-33-23-5-3-2-4-6-23)7-10-27(28)35-14-13-32-25-11-12-31-26-17-22(29)8-9-24(25)26/h2-12,16-17,19,33H,13-15H2,1H3,(H,31,32)/b21-19-. The van der Waals surface area contributed by atoms with Crippen LogP contribution >= 0.6 is 11.6 Å². The van der Waals surface area contributed by atoms with Crippen molar-refractivity contribution in [1.29, 1.82) is 5.26 Å². The van der Waals surface area contributed by atoms with E-state index in [0.29, 0.717) is 41.7 Å². The molecule has 2 N–H and O–H groups in total. The lowest BCUT2D eigenvalue weighted by Gasteiger charge is -2.14. The quantitative estimate of drug-likeness (QED) is 0.199. The number of nitriles is 1. The van der Waals surface area contributed by atoms with Gasteiger partial charge in [0.25, 0.3) is 0 Å². The number of halogens is 1. The van der Waals surface area contributed by atoms with Gasteiger partial charge in [0.2, 0.25) is 0 Å². The van der Waals surface area contributed by atoms with Gasteiger partial charge >= 0.3 is 0 Å². The fourth-order valence-corrected chi connectivity index (χ4v) is 3.78. The van der Waals surface area contributed by atoms with Crippen molar-refractivity contribution in [2.75, 3.05) is 30.9 Å². The SMILES string of the molecule is COc1cc(C/C(C#N)=C/Nc2ccccc2)ccc1OCCNc1ccnc2cc(Cl)ccc12. The molecule has 176 valence electrons. The van der Waals surface area contributed by atoms with Crippen LogP contribution in [0.15, 0.2) is 90.8 Å². The molecule has 0 bridgehead atoms. The van der Waals surface area contributed by atoms with Crippen LogP contribution in [0.25, 0.3) is 10.9 Å². The van der Waals surface area contributed by atoms with Gasteiger partial charge in [-0.15, -0.1) is 0 Å². The highest BCUT2D eigenvalue weighted by Gasteiger charge is 2.08. The number of hydrogen-bond acceptors (Lipinski definition) is 6. The predicted molar refractivity (Wildman–Crippen MR) is 141 cm³/mol. The minimum atomic E-state index is 0.442. The van der Waals surface area contributed by atoms with Crippen LogP contribution in [0.3, 0.4) is 0 Å². The summed E-state index contributed by atoms with van der Waals surface area (Å²) in [5.41, 5.74) is 4.30. The maximum absolute atomic E-state index is 9.53. The average Bonchev–Trinajstić information content (AvgIpc) is 2.89. The molecule has 4 aromatic rings. The minimum Gasteiger partial charge on any atom is -0.493 e. The molecule has 0 aliphatic heterocycles. The molecule has 0 amide bonds. The summed E-state index contributed by atoms with van der Waals surface area (Å²) in [4.78, 5) is 4.36. The highest BCUT2D eigenvalue weighted by molar-refractivity contribution is 6.31. The number of aromatic nitrogens is 1. The summed E-state index contributed by atoms with van der Waals surface area (Å²) in [6.45, 7) is 1.04. The van der Waals surface area contributed by atoms with Crippen molar-refractivity contribution in [2.45, 2.75) is 6.42 Å². The molecule has 0 unspecified atom stereocenters. The molecule has 6 nitrogen and oxygen atoms in total. The smallest absolute Gasteiger partial charge is 0.161 e. The number of fused-ring (bicyclic) bond motifs is 1. The highest BCUT2D eigenvalue weighted by atomic mass is 35.5. The second kappa shape index (κ2) is 11.8. The second-order valence-corrected chi connectivity index (χ2v) is 8.19. The fourth-order valence-electron chi connectivity index (χ4n) is 3.61. The van der Waals surface area contributed by atoms with Crippen LogP contribution in [-0.4, -0.2) is 25.2 Å². The topological polar surface area (TPSA) is 79.2 Å². The number of allylic oxidation sites excluding steroid dienone is 1. The molecule has 3 aromatic carbocycles. The first-order chi connectivity index (χ1) is 17.2. The van der Waals surface area contributed by atoms with Gasteiger partial charge in [0.15, 0.2) is 11.5 Å². The van der Waals surface area contributed by atoms with Crippen molar-refractivity contribution in [3.8, 4) is 17.6 Å². The van der Waals surface area contributed by atoms with Crippen LogP contribution in [0.1, 0.15) is 5.56 Å². The molecule has 7 heteroatoms. The molecule has 0 radical (unpaired) electrons. The Labute approximate surface area is 209 Å². The Hall–Kier alpha value is -4.21. The summed E-state index contributed by atoms with van der Waals surface area (Å²) < 4.78 is 11.5. The molecule has 0 aliphatic carbocycles. The Bertz CT molecular complexity index is 1370. The third-order valence-corrected chi connectivity index (χ3v) is 5.57. The Kier molecular flexibility index (Phi) is 8.05. The van der Waals surface area contributed by atoms with Gasteiger partial charge in [-0.05, 0) is 54.1 Å². The third-order valence-electron chi connectivity index (χ3n) is 5.33. The molecular formula is C28H25ClN4O2. The number of nitrogens with one attached hydrogen (secondary N) is 2. The number of hydrogen-bond donors (Lipinski definition) is 2. The van der Waals surface area contributed by atoms with E-state index in [1.54, 1.807) is 19.5 Å². The van der Waals surface area contributed by atoms with E-state index >= 15 is 0 Å². The molecule has 0 spiro atoms. The molecule has 0 saturated heterocycles. The third kappa shape index (κ3) is 6.44. The summed E-state index contributed by atoms with van der Waals surface area (Å²) in [5, 5.41) is 17.7. The van der Waals surface area contributed by atoms with E-state index in [9.17, 15) is 5.26 Å². The van der Waals surface area contributed by atoms with Gasteiger partial charge in [-0.2, -0.15) is 5.26 Å². The van der Waals surface area contributed by atoms with Crippen LogP contribution in [0.5, 0.6) is 11.5 Å². The van der Waals surface area contributed by atoms with Gasteiger partial charge in [-0.25, -0.2) is 0 Å². The van der Waals surface area contributed by atoms with Gasteiger partial charge in [0, 0.05) is 52.7 Å². The first kappa shape index (κ1) is 23.9. The zero-order chi connectivity index (χ0) is 24.5. The predicted octanol–water partition coefficient (Wildman–Crippen LogP) is 6.45. The Balaban J connectivity index is 1.35. The lowest BCUT2D eigenvalue weighted by atomic mass is 10.1. The summed E-state index contributed by atoms with van der Waals surface area (Å²) in [6, 6.07) is 25.3. The summed E-state index contributed by atoms with van der Waals surface area (Å²) in [5.74, 6) is 1.27. The summed E-state index contributed by atoms with van der Waals surface area (Å²) in [7, 11) is 1.61. The molecule has 1 heterocycles. The fraction of sp³-hybridized carbons (Fsp3) is 0.143. The van der Waals surface area contributed by atoms with E-state index < -0.39 is 0 Å². The molecular weight excluding hydrogens is 460 g/mol. The van der Waals surface area contributed by atoms with Crippen molar-refractivity contribution >= 4 is 33.9 Å². The number of pyridine rings is 1. The van der Waals surface area contributed by atoms with Crippen molar-refractivity contribution in [1.82, 2.24) is 4.98 Å². The lowest BCUT2D eigenvalue weighted by Crippen LogP contribution is -2.12. The number of para-hydroxylation sites is 1. The van der Waals surface area contributed by atoms with Crippen LogP contribution in [0.4, 0.5) is 11.4 Å². The van der Waals surface area contributed by atoms with Gasteiger partial charge < -0.3 is 20.1 Å². The van der Waals surface area contributed by atoms with Gasteiger partial charge in [-0.1, -0.05) is 35.9 Å². The zero-order valence-electron chi connectivity index (χ0n) is 19.3.